The second-order valence-corrected chi connectivity index (χ2v) is 8.77. The van der Waals surface area contributed by atoms with Crippen LogP contribution >= 0.6 is 34.5 Å². The molecule has 2 rings (SSSR count). The van der Waals surface area contributed by atoms with E-state index in [9.17, 15) is 18.0 Å². The number of thiophene rings is 1. The van der Waals surface area contributed by atoms with Crippen molar-refractivity contribution in [3.05, 3.63) is 50.6 Å². The topological polar surface area (TPSA) is 102 Å². The van der Waals surface area contributed by atoms with Crippen molar-refractivity contribution >= 4 is 56.4 Å². The van der Waals surface area contributed by atoms with Crippen LogP contribution in [0.5, 0.6) is 0 Å². The van der Waals surface area contributed by atoms with E-state index in [4.69, 9.17) is 27.9 Å². The number of halogens is 2. The van der Waals surface area contributed by atoms with Crippen LogP contribution in [0.4, 0.5) is 0 Å². The van der Waals surface area contributed by atoms with E-state index in [1.54, 1.807) is 0 Å². The normalized spacial score (nSPS) is 11.2. The fourth-order valence-corrected chi connectivity index (χ4v) is 4.78. The molecule has 2 aromatic rings. The lowest BCUT2D eigenvalue weighted by molar-refractivity contribution is -0.148. The maximum absolute atomic E-state index is 12.2. The summed E-state index contributed by atoms with van der Waals surface area (Å²) in [6.45, 7) is -0.306. The molecule has 0 atom stereocenters. The average Bonchev–Trinajstić information content (AvgIpc) is 3.11. The summed E-state index contributed by atoms with van der Waals surface area (Å²) < 4.78 is 31.5. The van der Waals surface area contributed by atoms with Gasteiger partial charge in [0.1, 0.15) is 4.90 Å². The van der Waals surface area contributed by atoms with Crippen molar-refractivity contribution in [1.29, 1.82) is 0 Å². The molecule has 27 heavy (non-hydrogen) atoms. The van der Waals surface area contributed by atoms with E-state index in [0.29, 0.717) is 6.54 Å². The Morgan fingerprint density at radius 1 is 1.11 bits per heavy atom. The lowest BCUT2D eigenvalue weighted by atomic mass is 10.4. The fourth-order valence-electron chi connectivity index (χ4n) is 1.97. The number of nitrogens with one attached hydrogen (secondary N) is 2. The minimum absolute atomic E-state index is 0.0278. The number of ether oxygens (including phenoxy) is 1. The van der Waals surface area contributed by atoms with Crippen LogP contribution in [0.1, 0.15) is 11.3 Å². The molecule has 0 bridgehead atoms. The van der Waals surface area contributed by atoms with Crippen molar-refractivity contribution in [1.82, 2.24) is 10.0 Å². The molecule has 0 radical (unpaired) electrons. The van der Waals surface area contributed by atoms with Gasteiger partial charge in [-0.25, -0.2) is 13.1 Å². The third-order valence-corrected chi connectivity index (χ3v) is 6.50. The molecule has 0 aliphatic carbocycles. The molecular formula is C16H16Cl2N2O5S2. The molecule has 0 aliphatic heterocycles. The number of rotatable bonds is 9. The van der Waals surface area contributed by atoms with Crippen molar-refractivity contribution < 1.29 is 22.7 Å². The summed E-state index contributed by atoms with van der Waals surface area (Å²) in [5.74, 6) is -1.16. The van der Waals surface area contributed by atoms with Gasteiger partial charge in [-0.2, -0.15) is 0 Å². The Balaban J connectivity index is 1.73. The summed E-state index contributed by atoms with van der Waals surface area (Å²) in [6, 6.07) is 8.04. The first-order valence-corrected chi connectivity index (χ1v) is 10.8. The summed E-state index contributed by atoms with van der Waals surface area (Å²) in [6.07, 6.45) is -0.250. The van der Waals surface area contributed by atoms with E-state index in [1.807, 2.05) is 17.5 Å². The largest absolute Gasteiger partial charge is 0.456 e. The Bertz CT molecular complexity index is 881. The molecule has 11 heteroatoms. The van der Waals surface area contributed by atoms with Gasteiger partial charge in [-0.15, -0.1) is 11.3 Å². The van der Waals surface area contributed by atoms with Gasteiger partial charge in [0.05, 0.1) is 23.0 Å². The lowest BCUT2D eigenvalue weighted by Crippen LogP contribution is -2.30. The minimum Gasteiger partial charge on any atom is -0.456 e. The molecule has 0 fully saturated rings. The molecule has 0 aliphatic rings. The van der Waals surface area contributed by atoms with Gasteiger partial charge in [0.15, 0.2) is 6.61 Å². The molecule has 0 saturated heterocycles. The third kappa shape index (κ3) is 6.78. The van der Waals surface area contributed by atoms with Gasteiger partial charge in [0.25, 0.3) is 5.91 Å². The van der Waals surface area contributed by atoms with E-state index in [1.165, 1.54) is 29.5 Å². The Labute approximate surface area is 170 Å². The molecule has 1 aromatic heterocycles. The number of sulfonamides is 1. The Kier molecular flexibility index (Phi) is 8.06. The third-order valence-electron chi connectivity index (χ3n) is 3.21. The van der Waals surface area contributed by atoms with Crippen molar-refractivity contribution in [3.8, 4) is 0 Å². The Hall–Kier alpha value is -1.65. The number of esters is 1. The maximum atomic E-state index is 12.2. The summed E-state index contributed by atoms with van der Waals surface area (Å²) in [7, 11) is -3.98. The zero-order valence-electron chi connectivity index (χ0n) is 13.9. The number of carbonyl (C=O) groups excluding carboxylic acids is 2. The Morgan fingerprint density at radius 2 is 1.81 bits per heavy atom. The monoisotopic (exact) mass is 450 g/mol. The predicted molar refractivity (Wildman–Crippen MR) is 103 cm³/mol. The summed E-state index contributed by atoms with van der Waals surface area (Å²) in [5, 5.41) is 4.44. The van der Waals surface area contributed by atoms with Crippen molar-refractivity contribution in [2.45, 2.75) is 17.9 Å². The highest BCUT2D eigenvalue weighted by molar-refractivity contribution is 7.89. The highest BCUT2D eigenvalue weighted by Gasteiger charge is 2.21. The second kappa shape index (κ2) is 10.0. The number of hydrogen-bond acceptors (Lipinski definition) is 6. The zero-order chi connectivity index (χ0) is 19.9. The summed E-state index contributed by atoms with van der Waals surface area (Å²) in [5.41, 5.74) is 0. The number of carbonyl (C=O) groups is 2. The van der Waals surface area contributed by atoms with Crippen LogP contribution in [0.25, 0.3) is 0 Å². The van der Waals surface area contributed by atoms with E-state index in [-0.39, 0.29) is 27.9 Å². The summed E-state index contributed by atoms with van der Waals surface area (Å²) in [4.78, 5) is 24.0. The van der Waals surface area contributed by atoms with Gasteiger partial charge >= 0.3 is 5.97 Å². The van der Waals surface area contributed by atoms with Gasteiger partial charge in [0.2, 0.25) is 10.0 Å². The van der Waals surface area contributed by atoms with Crippen LogP contribution in [-0.2, 0) is 30.9 Å². The molecule has 1 amide bonds. The van der Waals surface area contributed by atoms with E-state index in [0.717, 1.165) is 4.88 Å². The molecule has 0 saturated carbocycles. The van der Waals surface area contributed by atoms with E-state index < -0.39 is 28.5 Å². The maximum Gasteiger partial charge on any atom is 0.307 e. The molecule has 1 heterocycles. The van der Waals surface area contributed by atoms with Gasteiger partial charge in [-0.3, -0.25) is 9.59 Å². The molecule has 2 N–H and O–H groups in total. The molecule has 7 nitrogen and oxygen atoms in total. The highest BCUT2D eigenvalue weighted by Crippen LogP contribution is 2.28. The molecule has 0 spiro atoms. The number of benzene rings is 1. The van der Waals surface area contributed by atoms with Gasteiger partial charge in [-0.1, -0.05) is 35.3 Å². The fraction of sp³-hybridized carbons (Fsp3) is 0.250. The van der Waals surface area contributed by atoms with Crippen LogP contribution in [0.2, 0.25) is 10.0 Å². The SMILES string of the molecule is O=C(COC(=O)CCNS(=O)(=O)c1c(Cl)cccc1Cl)NCc1cccs1. The Morgan fingerprint density at radius 3 is 2.44 bits per heavy atom. The molecule has 1 aromatic carbocycles. The van der Waals surface area contributed by atoms with Crippen LogP contribution in [0.3, 0.4) is 0 Å². The quantitative estimate of drug-likeness (QED) is 0.571. The van der Waals surface area contributed by atoms with Gasteiger partial charge < -0.3 is 10.1 Å². The minimum atomic E-state index is -3.98. The van der Waals surface area contributed by atoms with Gasteiger partial charge in [-0.05, 0) is 23.6 Å². The first-order valence-electron chi connectivity index (χ1n) is 7.68. The van der Waals surface area contributed by atoms with Crippen LogP contribution in [-0.4, -0.2) is 33.4 Å². The first kappa shape index (κ1) is 21.6. The first-order chi connectivity index (χ1) is 12.8. The van der Waals surface area contributed by atoms with Crippen LogP contribution in [0, 0.1) is 0 Å². The second-order valence-electron chi connectivity index (χ2n) is 5.22. The van der Waals surface area contributed by atoms with Gasteiger partial charge in [0, 0.05) is 11.4 Å². The van der Waals surface area contributed by atoms with E-state index in [2.05, 4.69) is 10.0 Å². The predicted octanol–water partition coefficient (Wildman–Crippen LogP) is 2.58. The zero-order valence-corrected chi connectivity index (χ0v) is 17.1. The van der Waals surface area contributed by atoms with E-state index >= 15 is 0 Å². The smallest absolute Gasteiger partial charge is 0.307 e. The highest BCUT2D eigenvalue weighted by atomic mass is 35.5. The number of hydrogen-bond donors (Lipinski definition) is 2. The van der Waals surface area contributed by atoms with Crippen molar-refractivity contribution in [2.75, 3.05) is 13.2 Å². The molecule has 0 unspecified atom stereocenters. The molecule has 146 valence electrons. The average molecular weight is 451 g/mol. The molecular weight excluding hydrogens is 435 g/mol. The van der Waals surface area contributed by atoms with Crippen LogP contribution in [0.15, 0.2) is 40.6 Å². The standard InChI is InChI=1S/C16H16Cl2N2O5S2/c17-12-4-1-5-13(18)16(12)27(23,24)20-7-6-15(22)25-10-14(21)19-9-11-3-2-8-26-11/h1-5,8,20H,6-7,9-10H2,(H,19,21). The van der Waals surface area contributed by atoms with Crippen molar-refractivity contribution in [3.63, 3.8) is 0 Å². The van der Waals surface area contributed by atoms with Crippen LogP contribution < -0.4 is 10.0 Å². The number of amides is 1. The van der Waals surface area contributed by atoms with Crippen molar-refractivity contribution in [2.24, 2.45) is 0 Å². The lowest BCUT2D eigenvalue weighted by Gasteiger charge is -2.10. The summed E-state index contributed by atoms with van der Waals surface area (Å²) >= 11 is 13.2.